The minimum atomic E-state index is 0.740. The third-order valence-electron chi connectivity index (χ3n) is 2.69. The highest BCUT2D eigenvalue weighted by Crippen LogP contribution is 2.29. The van der Waals surface area contributed by atoms with Crippen LogP contribution in [0.2, 0.25) is 0 Å². The average molecular weight is 294 g/mol. The van der Waals surface area contributed by atoms with Gasteiger partial charge in [0.05, 0.1) is 6.54 Å². The van der Waals surface area contributed by atoms with E-state index < -0.39 is 0 Å². The molecule has 0 saturated carbocycles. The van der Waals surface area contributed by atoms with Crippen molar-refractivity contribution in [3.05, 3.63) is 39.8 Å². The molecule has 90 valence electrons. The van der Waals surface area contributed by atoms with Crippen LogP contribution in [0.5, 0.6) is 0 Å². The molecular weight excluding hydrogens is 278 g/mol. The highest BCUT2D eigenvalue weighted by Gasteiger charge is 2.11. The monoisotopic (exact) mass is 293 g/mol. The van der Waals surface area contributed by atoms with E-state index in [2.05, 4.69) is 63.3 Å². The molecule has 0 amide bonds. The number of aromatic nitrogens is 2. The molecule has 0 aliphatic carbocycles. The predicted octanol–water partition coefficient (Wildman–Crippen LogP) is 3.18. The van der Waals surface area contributed by atoms with E-state index in [-0.39, 0.29) is 0 Å². The van der Waals surface area contributed by atoms with Crippen molar-refractivity contribution in [2.75, 3.05) is 7.05 Å². The Bertz CT molecular complexity index is 531. The number of halogens is 1. The molecule has 0 saturated heterocycles. The first-order valence-corrected chi connectivity index (χ1v) is 6.37. The van der Waals surface area contributed by atoms with E-state index in [1.165, 1.54) is 16.7 Å². The third kappa shape index (κ3) is 2.58. The zero-order valence-electron chi connectivity index (χ0n) is 10.3. The lowest BCUT2D eigenvalue weighted by Gasteiger charge is -2.04. The molecular formula is C13H16BrN3. The van der Waals surface area contributed by atoms with Gasteiger partial charge >= 0.3 is 0 Å². The lowest BCUT2D eigenvalue weighted by molar-refractivity contribution is 0.771. The molecule has 0 bridgehead atoms. The summed E-state index contributed by atoms with van der Waals surface area (Å²) >= 11 is 3.53. The molecule has 2 aromatic rings. The Morgan fingerprint density at radius 3 is 2.76 bits per heavy atom. The number of rotatable bonds is 3. The van der Waals surface area contributed by atoms with Gasteiger partial charge in [-0.2, -0.15) is 0 Å². The second-order valence-electron chi connectivity index (χ2n) is 4.19. The van der Waals surface area contributed by atoms with Crippen molar-refractivity contribution in [1.82, 2.24) is 15.3 Å². The molecule has 0 unspecified atom stereocenters. The van der Waals surface area contributed by atoms with Crippen molar-refractivity contribution in [3.8, 4) is 11.3 Å². The maximum Gasteiger partial charge on any atom is 0.121 e. The first-order valence-electron chi connectivity index (χ1n) is 5.58. The highest BCUT2D eigenvalue weighted by atomic mass is 79.9. The van der Waals surface area contributed by atoms with Gasteiger partial charge in [-0.1, -0.05) is 23.8 Å². The van der Waals surface area contributed by atoms with Crippen molar-refractivity contribution in [3.63, 3.8) is 0 Å². The van der Waals surface area contributed by atoms with Crippen LogP contribution >= 0.6 is 15.9 Å². The Balaban J connectivity index is 2.45. The molecule has 0 spiro atoms. The van der Waals surface area contributed by atoms with Crippen LogP contribution in [0, 0.1) is 13.8 Å². The second-order valence-corrected chi connectivity index (χ2v) is 4.99. The summed E-state index contributed by atoms with van der Waals surface area (Å²) in [5.74, 6) is 0.939. The summed E-state index contributed by atoms with van der Waals surface area (Å²) in [6, 6.07) is 6.41. The number of aryl methyl sites for hydroxylation is 2. The van der Waals surface area contributed by atoms with Gasteiger partial charge in [0.1, 0.15) is 16.1 Å². The van der Waals surface area contributed by atoms with Crippen molar-refractivity contribution in [2.24, 2.45) is 0 Å². The summed E-state index contributed by atoms with van der Waals surface area (Å²) in [6.45, 7) is 4.95. The molecule has 0 aliphatic heterocycles. The number of hydrogen-bond acceptors (Lipinski definition) is 2. The highest BCUT2D eigenvalue weighted by molar-refractivity contribution is 9.10. The molecule has 1 aromatic heterocycles. The fourth-order valence-corrected chi connectivity index (χ4v) is 2.44. The van der Waals surface area contributed by atoms with E-state index in [9.17, 15) is 0 Å². The van der Waals surface area contributed by atoms with Gasteiger partial charge in [0.2, 0.25) is 0 Å². The van der Waals surface area contributed by atoms with Gasteiger partial charge in [0, 0.05) is 5.56 Å². The van der Waals surface area contributed by atoms with Crippen LogP contribution in [0.4, 0.5) is 0 Å². The zero-order valence-corrected chi connectivity index (χ0v) is 11.9. The first-order chi connectivity index (χ1) is 8.11. The summed E-state index contributed by atoms with van der Waals surface area (Å²) in [5.41, 5.74) is 4.66. The van der Waals surface area contributed by atoms with Crippen LogP contribution in [-0.2, 0) is 6.54 Å². The van der Waals surface area contributed by atoms with Crippen LogP contribution in [-0.4, -0.2) is 17.0 Å². The summed E-state index contributed by atoms with van der Waals surface area (Å²) in [6.07, 6.45) is 0. The van der Waals surface area contributed by atoms with E-state index in [4.69, 9.17) is 0 Å². The number of imidazole rings is 1. The fraction of sp³-hybridized carbons (Fsp3) is 0.308. The van der Waals surface area contributed by atoms with Gasteiger partial charge in [-0.15, -0.1) is 0 Å². The molecule has 3 nitrogen and oxygen atoms in total. The summed E-state index contributed by atoms with van der Waals surface area (Å²) in [5, 5.41) is 3.09. The number of nitrogens with one attached hydrogen (secondary N) is 2. The lowest BCUT2D eigenvalue weighted by atomic mass is 10.0. The first kappa shape index (κ1) is 12.3. The van der Waals surface area contributed by atoms with Crippen LogP contribution < -0.4 is 5.32 Å². The quantitative estimate of drug-likeness (QED) is 0.913. The van der Waals surface area contributed by atoms with E-state index in [0.717, 1.165) is 22.7 Å². The van der Waals surface area contributed by atoms with Gasteiger partial charge < -0.3 is 10.3 Å². The van der Waals surface area contributed by atoms with Crippen LogP contribution in [0.1, 0.15) is 17.0 Å². The minimum Gasteiger partial charge on any atom is -0.335 e. The van der Waals surface area contributed by atoms with Crippen molar-refractivity contribution < 1.29 is 0 Å². The Hall–Kier alpha value is -1.13. The van der Waals surface area contributed by atoms with Crippen LogP contribution in [0.3, 0.4) is 0 Å². The van der Waals surface area contributed by atoms with E-state index in [1.54, 1.807) is 0 Å². The molecule has 0 atom stereocenters. The smallest absolute Gasteiger partial charge is 0.121 e. The number of benzene rings is 1. The Morgan fingerprint density at radius 2 is 2.12 bits per heavy atom. The van der Waals surface area contributed by atoms with Gasteiger partial charge in [-0.25, -0.2) is 4.98 Å². The lowest BCUT2D eigenvalue weighted by Crippen LogP contribution is -2.06. The molecule has 4 heteroatoms. The van der Waals surface area contributed by atoms with E-state index in [0.29, 0.717) is 0 Å². The van der Waals surface area contributed by atoms with Crippen molar-refractivity contribution >= 4 is 15.9 Å². The van der Waals surface area contributed by atoms with Crippen LogP contribution in [0.25, 0.3) is 11.3 Å². The maximum atomic E-state index is 4.60. The topological polar surface area (TPSA) is 40.7 Å². The van der Waals surface area contributed by atoms with Crippen molar-refractivity contribution in [2.45, 2.75) is 20.4 Å². The SMILES string of the molecule is CNCc1nc(-c2ccc(C)cc2C)c(Br)[nH]1. The Labute approximate surface area is 110 Å². The number of H-pyrrole nitrogens is 1. The summed E-state index contributed by atoms with van der Waals surface area (Å²) in [4.78, 5) is 7.82. The normalized spacial score (nSPS) is 10.8. The number of hydrogen-bond donors (Lipinski definition) is 2. The minimum absolute atomic E-state index is 0.740. The number of nitrogens with zero attached hydrogens (tertiary/aromatic N) is 1. The van der Waals surface area contributed by atoms with E-state index >= 15 is 0 Å². The summed E-state index contributed by atoms with van der Waals surface area (Å²) in [7, 11) is 1.91. The molecule has 2 rings (SSSR count). The Morgan fingerprint density at radius 1 is 1.35 bits per heavy atom. The largest absolute Gasteiger partial charge is 0.335 e. The average Bonchev–Trinajstić information content (AvgIpc) is 2.60. The molecule has 1 aromatic carbocycles. The van der Waals surface area contributed by atoms with E-state index in [1.807, 2.05) is 7.05 Å². The molecule has 0 radical (unpaired) electrons. The standard InChI is InChI=1S/C13H16BrN3/c1-8-4-5-10(9(2)6-8)12-13(14)17-11(16-12)7-15-3/h4-6,15H,7H2,1-3H3,(H,16,17). The van der Waals surface area contributed by atoms with Gasteiger partial charge in [-0.3, -0.25) is 0 Å². The molecule has 0 fully saturated rings. The summed E-state index contributed by atoms with van der Waals surface area (Å²) < 4.78 is 0.940. The molecule has 2 N–H and O–H groups in total. The van der Waals surface area contributed by atoms with Gasteiger partial charge in [0.15, 0.2) is 0 Å². The second kappa shape index (κ2) is 5.02. The maximum absolute atomic E-state index is 4.60. The fourth-order valence-electron chi connectivity index (χ4n) is 1.91. The zero-order chi connectivity index (χ0) is 12.4. The van der Waals surface area contributed by atoms with Gasteiger partial charge in [-0.05, 0) is 42.4 Å². The Kier molecular flexibility index (Phi) is 3.64. The van der Waals surface area contributed by atoms with Crippen molar-refractivity contribution in [1.29, 1.82) is 0 Å². The van der Waals surface area contributed by atoms with Crippen LogP contribution in [0.15, 0.2) is 22.8 Å². The molecule has 1 heterocycles. The third-order valence-corrected chi connectivity index (χ3v) is 3.26. The molecule has 17 heavy (non-hydrogen) atoms. The number of aromatic amines is 1. The predicted molar refractivity (Wildman–Crippen MR) is 74.0 cm³/mol. The van der Waals surface area contributed by atoms with Gasteiger partial charge in [0.25, 0.3) is 0 Å². The molecule has 0 aliphatic rings.